The van der Waals surface area contributed by atoms with Gasteiger partial charge in [0.25, 0.3) is 5.91 Å². The third kappa shape index (κ3) is 4.33. The van der Waals surface area contributed by atoms with E-state index in [-0.39, 0.29) is 18.3 Å². The topological polar surface area (TPSA) is 101 Å². The largest absolute Gasteiger partial charge is 0.497 e. The van der Waals surface area contributed by atoms with Gasteiger partial charge in [0, 0.05) is 24.4 Å². The van der Waals surface area contributed by atoms with E-state index in [1.165, 1.54) is 12.1 Å². The van der Waals surface area contributed by atoms with Crippen molar-refractivity contribution in [3.63, 3.8) is 0 Å². The smallest absolute Gasteiger partial charge is 0.255 e. The van der Waals surface area contributed by atoms with E-state index in [4.69, 9.17) is 9.84 Å². The van der Waals surface area contributed by atoms with Crippen molar-refractivity contribution in [1.82, 2.24) is 14.8 Å². The first-order chi connectivity index (χ1) is 15.5. The number of hydrogen-bond donors (Lipinski definition) is 3. The van der Waals surface area contributed by atoms with Crippen molar-refractivity contribution in [2.75, 3.05) is 24.4 Å². The molecular formula is C23H24FN5O3. The molecule has 0 saturated heterocycles. The molecule has 1 atom stereocenters. The molecule has 2 aromatic carbocycles. The summed E-state index contributed by atoms with van der Waals surface area (Å²) in [7, 11) is 1.58. The molecule has 0 aliphatic carbocycles. The van der Waals surface area contributed by atoms with Crippen LogP contribution >= 0.6 is 0 Å². The first-order valence-corrected chi connectivity index (χ1v) is 10.2. The molecule has 32 heavy (non-hydrogen) atoms. The molecule has 1 aromatic heterocycles. The minimum atomic E-state index is -0.597. The minimum absolute atomic E-state index is 0.0332. The van der Waals surface area contributed by atoms with Crippen LogP contribution in [0.15, 0.2) is 59.8 Å². The predicted octanol–water partition coefficient (Wildman–Crippen LogP) is 3.28. The third-order valence-electron chi connectivity index (χ3n) is 5.23. The number of aromatic nitrogens is 3. The van der Waals surface area contributed by atoms with Crippen LogP contribution in [0, 0.1) is 5.82 Å². The van der Waals surface area contributed by atoms with Crippen LogP contribution in [0.4, 0.5) is 16.0 Å². The third-order valence-corrected chi connectivity index (χ3v) is 5.23. The van der Waals surface area contributed by atoms with Crippen molar-refractivity contribution in [2.24, 2.45) is 0 Å². The van der Waals surface area contributed by atoms with Crippen molar-refractivity contribution in [1.29, 1.82) is 0 Å². The van der Waals surface area contributed by atoms with E-state index in [9.17, 15) is 9.18 Å². The van der Waals surface area contributed by atoms with Gasteiger partial charge >= 0.3 is 0 Å². The van der Waals surface area contributed by atoms with Gasteiger partial charge in [-0.15, -0.1) is 0 Å². The number of aliphatic hydroxyl groups is 1. The van der Waals surface area contributed by atoms with E-state index in [1.54, 1.807) is 55.1 Å². The number of nitrogens with zero attached hydrogens (tertiary/aromatic N) is 3. The van der Waals surface area contributed by atoms with Gasteiger partial charge in [0.1, 0.15) is 17.6 Å². The highest BCUT2D eigenvalue weighted by molar-refractivity contribution is 6.06. The highest BCUT2D eigenvalue weighted by Gasteiger charge is 2.34. The number of amides is 1. The Morgan fingerprint density at radius 2 is 1.94 bits per heavy atom. The van der Waals surface area contributed by atoms with Gasteiger partial charge < -0.3 is 20.5 Å². The maximum absolute atomic E-state index is 13.6. The Bertz CT molecular complexity index is 1140. The number of allylic oxidation sites excluding steroid dienone is 1. The van der Waals surface area contributed by atoms with Gasteiger partial charge in [-0.25, -0.2) is 9.07 Å². The summed E-state index contributed by atoms with van der Waals surface area (Å²) in [6.07, 6.45) is 1.03. The molecule has 1 amide bonds. The SMILES string of the molecule is COc1ccc(NC(=O)C2=C(C)Nc3nc(CCCO)nn3C2c2ccc(F)cc2)cc1. The summed E-state index contributed by atoms with van der Waals surface area (Å²) in [5.41, 5.74) is 2.38. The van der Waals surface area contributed by atoms with E-state index in [0.29, 0.717) is 52.9 Å². The standard InChI is InChI=1S/C23H24FN5O3/c1-14-20(22(31)26-17-9-11-18(32-2)12-10-17)21(15-5-7-16(24)8-6-15)29-23(25-14)27-19(28-29)4-3-13-30/h5-12,21,30H,3-4,13H2,1-2H3,(H,26,31)(H,25,27,28). The molecule has 1 aliphatic heterocycles. The molecule has 1 aliphatic rings. The summed E-state index contributed by atoms with van der Waals surface area (Å²) in [5.74, 6) is 1.05. The first-order valence-electron chi connectivity index (χ1n) is 10.2. The van der Waals surface area contributed by atoms with E-state index in [0.717, 1.165) is 0 Å². The molecule has 2 heterocycles. The predicted molar refractivity (Wildman–Crippen MR) is 118 cm³/mol. The normalized spacial score (nSPS) is 15.2. The number of carbonyl (C=O) groups excluding carboxylic acids is 1. The maximum atomic E-state index is 13.6. The second-order valence-electron chi connectivity index (χ2n) is 7.42. The van der Waals surface area contributed by atoms with Crippen LogP contribution in [0.3, 0.4) is 0 Å². The van der Waals surface area contributed by atoms with E-state index in [1.807, 2.05) is 0 Å². The van der Waals surface area contributed by atoms with Crippen molar-refractivity contribution in [2.45, 2.75) is 25.8 Å². The van der Waals surface area contributed by atoms with Gasteiger partial charge in [0.15, 0.2) is 5.82 Å². The molecule has 0 bridgehead atoms. The molecule has 166 valence electrons. The number of benzene rings is 2. The zero-order valence-electron chi connectivity index (χ0n) is 17.8. The second kappa shape index (κ2) is 9.19. The summed E-state index contributed by atoms with van der Waals surface area (Å²) in [4.78, 5) is 17.9. The molecule has 1 unspecified atom stereocenters. The lowest BCUT2D eigenvalue weighted by atomic mass is 9.95. The fraction of sp³-hybridized carbons (Fsp3) is 0.261. The van der Waals surface area contributed by atoms with E-state index < -0.39 is 6.04 Å². The molecule has 9 heteroatoms. The van der Waals surface area contributed by atoms with Crippen LogP contribution in [0.1, 0.15) is 30.8 Å². The first kappa shape index (κ1) is 21.5. The number of rotatable bonds is 7. The number of methoxy groups -OCH3 is 1. The number of halogens is 1. The Balaban J connectivity index is 1.71. The molecule has 0 saturated carbocycles. The fourth-order valence-corrected chi connectivity index (χ4v) is 3.66. The lowest BCUT2D eigenvalue weighted by Crippen LogP contribution is -2.31. The lowest BCUT2D eigenvalue weighted by Gasteiger charge is -2.28. The van der Waals surface area contributed by atoms with E-state index >= 15 is 0 Å². The van der Waals surface area contributed by atoms with Crippen LogP contribution < -0.4 is 15.4 Å². The number of aliphatic hydroxyl groups excluding tert-OH is 1. The zero-order valence-corrected chi connectivity index (χ0v) is 17.8. The molecule has 3 N–H and O–H groups in total. The minimum Gasteiger partial charge on any atom is -0.497 e. The van der Waals surface area contributed by atoms with Crippen molar-refractivity contribution < 1.29 is 19.0 Å². The molecule has 4 rings (SSSR count). The van der Waals surface area contributed by atoms with Crippen LogP contribution in [-0.4, -0.2) is 39.5 Å². The summed E-state index contributed by atoms with van der Waals surface area (Å²) in [5, 5.41) is 19.8. The molecule has 8 nitrogen and oxygen atoms in total. The van der Waals surface area contributed by atoms with Crippen molar-refractivity contribution in [3.05, 3.63) is 77.0 Å². The zero-order chi connectivity index (χ0) is 22.7. The molecule has 3 aromatic rings. The van der Waals surface area contributed by atoms with Crippen LogP contribution in [0.25, 0.3) is 0 Å². The Hall–Kier alpha value is -3.72. The average molecular weight is 437 g/mol. The average Bonchev–Trinajstić information content (AvgIpc) is 3.20. The Morgan fingerprint density at radius 3 is 2.59 bits per heavy atom. The Kier molecular flexibility index (Phi) is 6.18. The summed E-state index contributed by atoms with van der Waals surface area (Å²) in [6.45, 7) is 1.83. The monoisotopic (exact) mass is 437 g/mol. The summed E-state index contributed by atoms with van der Waals surface area (Å²) in [6, 6.07) is 12.4. The quantitative estimate of drug-likeness (QED) is 0.524. The van der Waals surface area contributed by atoms with Gasteiger partial charge in [0.05, 0.1) is 12.7 Å². The number of anilines is 2. The van der Waals surface area contributed by atoms with Crippen molar-refractivity contribution >= 4 is 17.5 Å². The number of aryl methyl sites for hydroxylation is 1. The fourth-order valence-electron chi connectivity index (χ4n) is 3.66. The van der Waals surface area contributed by atoms with Gasteiger partial charge in [-0.1, -0.05) is 12.1 Å². The van der Waals surface area contributed by atoms with Crippen LogP contribution in [0.5, 0.6) is 5.75 Å². The highest BCUT2D eigenvalue weighted by atomic mass is 19.1. The number of ether oxygens (including phenoxy) is 1. The Labute approximate surface area is 184 Å². The van der Waals surface area contributed by atoms with E-state index in [2.05, 4.69) is 20.7 Å². The highest BCUT2D eigenvalue weighted by Crippen LogP contribution is 2.36. The molecule has 0 fully saturated rings. The van der Waals surface area contributed by atoms with Crippen LogP contribution in [0.2, 0.25) is 0 Å². The van der Waals surface area contributed by atoms with Gasteiger partial charge in [-0.05, 0) is 55.3 Å². The van der Waals surface area contributed by atoms with Crippen molar-refractivity contribution in [3.8, 4) is 5.75 Å². The number of nitrogens with one attached hydrogen (secondary N) is 2. The number of fused-ring (bicyclic) bond motifs is 1. The van der Waals surface area contributed by atoms with Crippen LogP contribution in [-0.2, 0) is 11.2 Å². The summed E-state index contributed by atoms with van der Waals surface area (Å²) < 4.78 is 20.4. The summed E-state index contributed by atoms with van der Waals surface area (Å²) >= 11 is 0. The number of hydrogen-bond acceptors (Lipinski definition) is 6. The lowest BCUT2D eigenvalue weighted by molar-refractivity contribution is -0.113. The molecule has 0 radical (unpaired) electrons. The van der Waals surface area contributed by atoms with Gasteiger partial charge in [0.2, 0.25) is 5.95 Å². The Morgan fingerprint density at radius 1 is 1.22 bits per heavy atom. The molecular weight excluding hydrogens is 413 g/mol. The second-order valence-corrected chi connectivity index (χ2v) is 7.42. The van der Waals surface area contributed by atoms with Gasteiger partial charge in [-0.2, -0.15) is 10.1 Å². The molecule has 0 spiro atoms. The number of carbonyl (C=O) groups is 1. The van der Waals surface area contributed by atoms with Gasteiger partial charge in [-0.3, -0.25) is 4.79 Å². The maximum Gasteiger partial charge on any atom is 0.255 e.